The molecule has 0 amide bonds. The molecule has 0 spiro atoms. The Hall–Kier alpha value is -3.62. The van der Waals surface area contributed by atoms with E-state index in [0.29, 0.717) is 23.3 Å². The van der Waals surface area contributed by atoms with E-state index in [2.05, 4.69) is 23.6 Å². The molecule has 1 aliphatic heterocycles. The summed E-state index contributed by atoms with van der Waals surface area (Å²) in [5.41, 5.74) is 7.50. The topological polar surface area (TPSA) is 112 Å². The predicted octanol–water partition coefficient (Wildman–Crippen LogP) is 6.02. The number of nitrogen functional groups attached to an aromatic ring is 1. The van der Waals surface area contributed by atoms with Crippen molar-refractivity contribution >= 4 is 17.1 Å². The first-order valence-corrected chi connectivity index (χ1v) is 14.2. The van der Waals surface area contributed by atoms with Gasteiger partial charge in [-0.25, -0.2) is 0 Å². The van der Waals surface area contributed by atoms with Gasteiger partial charge in [-0.05, 0) is 76.4 Å². The largest absolute Gasteiger partial charge is 0.506 e. The number of nitrogens with zero attached hydrogens (tertiary/aromatic N) is 2. The van der Waals surface area contributed by atoms with Gasteiger partial charge in [0.2, 0.25) is 0 Å². The molecule has 1 fully saturated rings. The van der Waals surface area contributed by atoms with Crippen molar-refractivity contribution < 1.29 is 24.8 Å². The van der Waals surface area contributed by atoms with Crippen LogP contribution >= 0.6 is 0 Å². The van der Waals surface area contributed by atoms with Gasteiger partial charge in [0.15, 0.2) is 0 Å². The van der Waals surface area contributed by atoms with Crippen molar-refractivity contribution in [3.05, 3.63) is 72.8 Å². The molecule has 0 saturated carbocycles. The summed E-state index contributed by atoms with van der Waals surface area (Å²) in [4.78, 5) is 4.33. The lowest BCUT2D eigenvalue weighted by atomic mass is 10.2. The lowest BCUT2D eigenvalue weighted by Gasteiger charge is -2.26. The SMILES string of the molecule is CCN(CC1CCCO1)c1ccccc1O.CCOCCCN(CC)c1ccccc1O.Nc1ccccc1O. The third-order valence-electron chi connectivity index (χ3n) is 6.51. The Labute approximate surface area is 239 Å². The highest BCUT2D eigenvalue weighted by Gasteiger charge is 2.19. The Morgan fingerprint density at radius 1 is 0.800 bits per heavy atom. The molecular weight excluding hydrogens is 506 g/mol. The van der Waals surface area contributed by atoms with Crippen LogP contribution in [-0.2, 0) is 9.47 Å². The quantitative estimate of drug-likeness (QED) is 0.130. The second-order valence-corrected chi connectivity index (χ2v) is 9.34. The first-order chi connectivity index (χ1) is 19.4. The van der Waals surface area contributed by atoms with Crippen molar-refractivity contribution in [2.24, 2.45) is 0 Å². The molecule has 4 rings (SSSR count). The Bertz CT molecular complexity index is 1070. The maximum absolute atomic E-state index is 9.80. The summed E-state index contributed by atoms with van der Waals surface area (Å²) in [7, 11) is 0. The number of hydrogen-bond donors (Lipinski definition) is 4. The monoisotopic (exact) mass is 553 g/mol. The molecule has 8 nitrogen and oxygen atoms in total. The Balaban J connectivity index is 0.000000222. The number of ether oxygens (including phenoxy) is 2. The highest BCUT2D eigenvalue weighted by molar-refractivity contribution is 5.58. The molecule has 1 atom stereocenters. The number of nitrogens with two attached hydrogens (primary N) is 1. The standard InChI is InChI=1S/C13H19NO2.C13H21NO2.C6H7NO/c1-2-14(10-11-6-5-9-16-11)12-7-3-4-8-13(12)15;1-3-14(10-7-11-16-4-2)12-8-5-6-9-13(12)15;7-5-3-1-2-4-6(5)8/h3-4,7-8,11,15H,2,5-6,9-10H2,1H3;5-6,8-9,15H,3-4,7,10-11H2,1-2H3;1-4,8H,7H2. The molecular formula is C32H47N3O5. The van der Waals surface area contributed by atoms with Gasteiger partial charge in [0.25, 0.3) is 0 Å². The number of phenols is 3. The second kappa shape index (κ2) is 18.6. The van der Waals surface area contributed by atoms with Gasteiger partial charge in [-0.1, -0.05) is 36.4 Å². The fraction of sp³-hybridized carbons (Fsp3) is 0.438. The Morgan fingerprint density at radius 2 is 1.35 bits per heavy atom. The van der Waals surface area contributed by atoms with E-state index in [1.54, 1.807) is 36.4 Å². The van der Waals surface area contributed by atoms with Gasteiger partial charge in [0.05, 0.1) is 23.2 Å². The molecule has 1 heterocycles. The number of aromatic hydroxyl groups is 3. The lowest BCUT2D eigenvalue weighted by molar-refractivity contribution is 0.115. The predicted molar refractivity (Wildman–Crippen MR) is 165 cm³/mol. The molecule has 0 bridgehead atoms. The van der Waals surface area contributed by atoms with Gasteiger partial charge in [-0.2, -0.15) is 0 Å². The summed E-state index contributed by atoms with van der Waals surface area (Å²) in [6.07, 6.45) is 3.59. The molecule has 220 valence electrons. The van der Waals surface area contributed by atoms with Crippen LogP contribution in [0.2, 0.25) is 0 Å². The number of rotatable bonds is 11. The second-order valence-electron chi connectivity index (χ2n) is 9.34. The minimum atomic E-state index is 0.146. The number of para-hydroxylation sites is 6. The smallest absolute Gasteiger partial charge is 0.138 e. The zero-order valence-electron chi connectivity index (χ0n) is 24.2. The van der Waals surface area contributed by atoms with E-state index in [-0.39, 0.29) is 5.75 Å². The van der Waals surface area contributed by atoms with Crippen molar-refractivity contribution in [1.29, 1.82) is 0 Å². The third-order valence-corrected chi connectivity index (χ3v) is 6.51. The highest BCUT2D eigenvalue weighted by Crippen LogP contribution is 2.28. The minimum Gasteiger partial charge on any atom is -0.506 e. The van der Waals surface area contributed by atoms with Crippen molar-refractivity contribution in [3.8, 4) is 17.2 Å². The molecule has 1 unspecified atom stereocenters. The van der Waals surface area contributed by atoms with E-state index in [1.165, 1.54) is 0 Å². The summed E-state index contributed by atoms with van der Waals surface area (Å²) in [6.45, 7) is 12.2. The number of likely N-dealkylation sites (N-methyl/N-ethyl adjacent to an activating group) is 1. The van der Waals surface area contributed by atoms with Crippen LogP contribution in [0.25, 0.3) is 0 Å². The molecule has 0 radical (unpaired) electrons. The van der Waals surface area contributed by atoms with Gasteiger partial charge in [-0.15, -0.1) is 0 Å². The number of hydrogen-bond acceptors (Lipinski definition) is 8. The molecule has 5 N–H and O–H groups in total. The molecule has 0 aliphatic carbocycles. The molecule has 40 heavy (non-hydrogen) atoms. The third kappa shape index (κ3) is 11.2. The summed E-state index contributed by atoms with van der Waals surface area (Å²) < 4.78 is 10.9. The van der Waals surface area contributed by atoms with Crippen LogP contribution in [0.4, 0.5) is 17.1 Å². The van der Waals surface area contributed by atoms with E-state index in [1.807, 2.05) is 43.3 Å². The van der Waals surface area contributed by atoms with Gasteiger partial charge in [0.1, 0.15) is 17.2 Å². The van der Waals surface area contributed by atoms with E-state index < -0.39 is 0 Å². The molecule has 1 aliphatic rings. The van der Waals surface area contributed by atoms with E-state index in [0.717, 1.165) is 76.6 Å². The normalized spacial score (nSPS) is 13.9. The summed E-state index contributed by atoms with van der Waals surface area (Å²) in [6, 6.07) is 21.6. The van der Waals surface area contributed by atoms with Crippen LogP contribution in [0.3, 0.4) is 0 Å². The summed E-state index contributed by atoms with van der Waals surface area (Å²) in [5, 5.41) is 28.3. The summed E-state index contributed by atoms with van der Waals surface area (Å²) >= 11 is 0. The Morgan fingerprint density at radius 3 is 1.80 bits per heavy atom. The van der Waals surface area contributed by atoms with Crippen molar-refractivity contribution in [2.45, 2.75) is 46.1 Å². The van der Waals surface area contributed by atoms with Gasteiger partial charge in [-0.3, -0.25) is 0 Å². The summed E-state index contributed by atoms with van der Waals surface area (Å²) in [5.74, 6) is 0.843. The average molecular weight is 554 g/mol. The van der Waals surface area contributed by atoms with Crippen LogP contribution in [0.1, 0.15) is 40.0 Å². The van der Waals surface area contributed by atoms with Crippen LogP contribution in [-0.4, -0.2) is 67.4 Å². The molecule has 8 heteroatoms. The first kappa shape index (κ1) is 32.6. The minimum absolute atomic E-state index is 0.146. The highest BCUT2D eigenvalue weighted by atomic mass is 16.5. The number of benzene rings is 3. The van der Waals surface area contributed by atoms with Gasteiger partial charge >= 0.3 is 0 Å². The Kier molecular flexibility index (Phi) is 15.2. The maximum atomic E-state index is 9.80. The van der Waals surface area contributed by atoms with Crippen LogP contribution in [0.15, 0.2) is 72.8 Å². The van der Waals surface area contributed by atoms with E-state index in [4.69, 9.17) is 20.3 Å². The van der Waals surface area contributed by atoms with Crippen molar-refractivity contribution in [1.82, 2.24) is 0 Å². The van der Waals surface area contributed by atoms with E-state index >= 15 is 0 Å². The van der Waals surface area contributed by atoms with Gasteiger partial charge < -0.3 is 40.3 Å². The van der Waals surface area contributed by atoms with Crippen molar-refractivity contribution in [3.63, 3.8) is 0 Å². The molecule has 1 saturated heterocycles. The fourth-order valence-electron chi connectivity index (χ4n) is 4.33. The van der Waals surface area contributed by atoms with Gasteiger partial charge in [0, 0.05) is 46.0 Å². The molecule has 3 aromatic rings. The van der Waals surface area contributed by atoms with E-state index in [9.17, 15) is 10.2 Å². The molecule has 3 aromatic carbocycles. The number of anilines is 3. The van der Waals surface area contributed by atoms with Crippen LogP contribution < -0.4 is 15.5 Å². The maximum Gasteiger partial charge on any atom is 0.138 e. The van der Waals surface area contributed by atoms with Crippen molar-refractivity contribution in [2.75, 3.05) is 61.5 Å². The number of phenolic OH excluding ortho intramolecular Hbond substituents is 3. The zero-order chi connectivity index (χ0) is 29.2. The van der Waals surface area contributed by atoms with Crippen LogP contribution in [0.5, 0.6) is 17.2 Å². The lowest BCUT2D eigenvalue weighted by Crippen LogP contribution is -2.31. The first-order valence-electron chi connectivity index (χ1n) is 14.2. The van der Waals surface area contributed by atoms with Crippen LogP contribution in [0, 0.1) is 0 Å². The zero-order valence-corrected chi connectivity index (χ0v) is 24.2. The fourth-order valence-corrected chi connectivity index (χ4v) is 4.33. The average Bonchev–Trinajstić information content (AvgIpc) is 3.49. The molecule has 0 aromatic heterocycles.